The Morgan fingerprint density at radius 2 is 2.23 bits per heavy atom. The summed E-state index contributed by atoms with van der Waals surface area (Å²) in [6, 6.07) is 0.872. The second-order valence-electron chi connectivity index (χ2n) is 2.26. The summed E-state index contributed by atoms with van der Waals surface area (Å²) in [7, 11) is 0. The molecule has 1 aromatic heterocycles. The largest absolute Gasteiger partial charge is 0.492 e. The van der Waals surface area contributed by atoms with Gasteiger partial charge in [0, 0.05) is 0 Å². The molecule has 1 aromatic rings. The molecular weight excluding hydrogens is 183 g/mol. The van der Waals surface area contributed by atoms with Crippen LogP contribution >= 0.6 is 0 Å². The number of nitrogens with zero attached hydrogens (tertiary/aromatic N) is 1. The summed E-state index contributed by atoms with van der Waals surface area (Å²) >= 11 is 0. The lowest BCUT2D eigenvalue weighted by Gasteiger charge is -2.07. The quantitative estimate of drug-likeness (QED) is 0.713. The van der Waals surface area contributed by atoms with E-state index >= 15 is 0 Å². The van der Waals surface area contributed by atoms with E-state index in [1.807, 2.05) is 6.20 Å². The van der Waals surface area contributed by atoms with Gasteiger partial charge in [0.25, 0.3) is 0 Å². The Kier molecular flexibility index (Phi) is 2.75. The van der Waals surface area contributed by atoms with Gasteiger partial charge in [-0.15, -0.1) is 0 Å². The topological polar surface area (TPSA) is 22.1 Å². The second-order valence-corrected chi connectivity index (χ2v) is 2.26. The monoisotopic (exact) mass is 190 g/mol. The summed E-state index contributed by atoms with van der Waals surface area (Å²) in [5, 5.41) is 0. The lowest BCUT2D eigenvalue weighted by atomic mass is 10.3. The molecule has 1 radical (unpaired) electrons. The molecule has 0 aliphatic heterocycles. The fourth-order valence-electron chi connectivity index (χ4n) is 0.768. The van der Waals surface area contributed by atoms with E-state index in [1.54, 1.807) is 6.92 Å². The Hall–Kier alpha value is -1.26. The zero-order valence-corrected chi connectivity index (χ0v) is 6.85. The molecule has 0 bridgehead atoms. The number of aromatic nitrogens is 1. The number of ether oxygens (including phenoxy) is 1. The van der Waals surface area contributed by atoms with Crippen molar-refractivity contribution in [3.63, 3.8) is 0 Å². The van der Waals surface area contributed by atoms with Crippen LogP contribution in [-0.4, -0.2) is 11.6 Å². The smallest absolute Gasteiger partial charge is 0.418 e. The first-order valence-electron chi connectivity index (χ1n) is 3.61. The molecule has 1 rings (SSSR count). The predicted octanol–water partition coefficient (Wildman–Crippen LogP) is 2.30. The molecule has 0 aliphatic carbocycles. The van der Waals surface area contributed by atoms with Gasteiger partial charge in [0.1, 0.15) is 11.9 Å². The number of pyridine rings is 1. The van der Waals surface area contributed by atoms with Gasteiger partial charge in [0.15, 0.2) is 0 Å². The molecule has 0 aliphatic rings. The average molecular weight is 190 g/mol. The Morgan fingerprint density at radius 1 is 1.54 bits per heavy atom. The van der Waals surface area contributed by atoms with Crippen molar-refractivity contribution in [2.24, 2.45) is 0 Å². The van der Waals surface area contributed by atoms with Crippen molar-refractivity contribution >= 4 is 0 Å². The molecule has 13 heavy (non-hydrogen) atoms. The van der Waals surface area contributed by atoms with Gasteiger partial charge in [0.2, 0.25) is 0 Å². The second kappa shape index (κ2) is 3.64. The third kappa shape index (κ3) is 2.61. The van der Waals surface area contributed by atoms with Gasteiger partial charge in [-0.05, 0) is 13.0 Å². The number of rotatable bonds is 2. The first-order valence-corrected chi connectivity index (χ1v) is 3.61. The highest BCUT2D eigenvalue weighted by Gasteiger charge is 2.31. The minimum Gasteiger partial charge on any atom is -0.492 e. The van der Waals surface area contributed by atoms with E-state index < -0.39 is 11.7 Å². The molecule has 0 unspecified atom stereocenters. The molecule has 0 N–H and O–H groups in total. The highest BCUT2D eigenvalue weighted by atomic mass is 19.4. The Morgan fingerprint density at radius 3 is 2.77 bits per heavy atom. The third-order valence-corrected chi connectivity index (χ3v) is 1.28. The van der Waals surface area contributed by atoms with Crippen molar-refractivity contribution in [3.8, 4) is 5.75 Å². The maximum Gasteiger partial charge on any atom is 0.418 e. The first-order chi connectivity index (χ1) is 6.04. The molecule has 2 nitrogen and oxygen atoms in total. The zero-order valence-electron chi connectivity index (χ0n) is 6.85. The average Bonchev–Trinajstić information content (AvgIpc) is 2.04. The summed E-state index contributed by atoms with van der Waals surface area (Å²) in [5.41, 5.74) is -0.918. The van der Waals surface area contributed by atoms with E-state index in [9.17, 15) is 13.2 Å². The van der Waals surface area contributed by atoms with E-state index in [1.165, 1.54) is 6.20 Å². The van der Waals surface area contributed by atoms with E-state index in [0.717, 1.165) is 6.07 Å². The number of halogens is 3. The van der Waals surface area contributed by atoms with Gasteiger partial charge < -0.3 is 4.74 Å². The summed E-state index contributed by atoms with van der Waals surface area (Å²) < 4.78 is 41.1. The third-order valence-electron chi connectivity index (χ3n) is 1.28. The summed E-state index contributed by atoms with van der Waals surface area (Å²) in [4.78, 5) is 3.30. The highest BCUT2D eigenvalue weighted by molar-refractivity contribution is 5.24. The molecule has 0 saturated heterocycles. The standard InChI is InChI=1S/C8H7F3NO/c1-2-13-7-3-6(4-12-5-7)8(9,10)11/h3,5H,2H2,1H3. The molecule has 5 heteroatoms. The van der Waals surface area contributed by atoms with Crippen LogP contribution in [0, 0.1) is 6.20 Å². The van der Waals surface area contributed by atoms with Gasteiger partial charge >= 0.3 is 6.18 Å². The summed E-state index contributed by atoms with van der Waals surface area (Å²) in [6.07, 6.45) is -1.37. The molecule has 0 fully saturated rings. The minimum atomic E-state index is -4.42. The SMILES string of the molecule is CCOc1cn[c]c(C(F)(F)F)c1. The maximum atomic E-state index is 12.1. The molecule has 0 amide bonds. The van der Waals surface area contributed by atoms with Crippen LogP contribution in [0.2, 0.25) is 0 Å². The van der Waals surface area contributed by atoms with Crippen LogP contribution in [0.15, 0.2) is 12.3 Å². The lowest BCUT2D eigenvalue weighted by Crippen LogP contribution is -2.06. The number of alkyl halides is 3. The Bertz CT molecular complexity index is 285. The van der Waals surface area contributed by atoms with Crippen LogP contribution in [-0.2, 0) is 6.18 Å². The van der Waals surface area contributed by atoms with Crippen molar-refractivity contribution in [1.29, 1.82) is 0 Å². The molecule has 71 valence electrons. The van der Waals surface area contributed by atoms with Crippen LogP contribution in [0.3, 0.4) is 0 Å². The predicted molar refractivity (Wildman–Crippen MR) is 39.2 cm³/mol. The fourth-order valence-corrected chi connectivity index (χ4v) is 0.768. The Balaban J connectivity index is 2.92. The van der Waals surface area contributed by atoms with Crippen molar-refractivity contribution in [1.82, 2.24) is 4.98 Å². The van der Waals surface area contributed by atoms with E-state index in [-0.39, 0.29) is 5.75 Å². The molecule has 1 heterocycles. The Labute approximate surface area is 73.4 Å². The maximum absolute atomic E-state index is 12.1. The summed E-state index contributed by atoms with van der Waals surface area (Å²) in [6.45, 7) is 1.99. The van der Waals surface area contributed by atoms with Gasteiger partial charge in [-0.2, -0.15) is 13.2 Å². The number of hydrogen-bond acceptors (Lipinski definition) is 2. The van der Waals surface area contributed by atoms with E-state index in [0.29, 0.717) is 6.61 Å². The van der Waals surface area contributed by atoms with E-state index in [4.69, 9.17) is 4.74 Å². The molecule has 0 atom stereocenters. The first kappa shape index (κ1) is 9.83. The van der Waals surface area contributed by atoms with Crippen LogP contribution in [0.1, 0.15) is 12.5 Å². The van der Waals surface area contributed by atoms with Crippen molar-refractivity contribution < 1.29 is 17.9 Å². The van der Waals surface area contributed by atoms with Gasteiger partial charge in [-0.1, -0.05) is 0 Å². The van der Waals surface area contributed by atoms with Crippen LogP contribution in [0.4, 0.5) is 13.2 Å². The molecule has 0 spiro atoms. The van der Waals surface area contributed by atoms with Gasteiger partial charge in [-0.3, -0.25) is 4.98 Å². The van der Waals surface area contributed by atoms with Gasteiger partial charge in [-0.25, -0.2) is 0 Å². The normalized spacial score (nSPS) is 11.4. The highest BCUT2D eigenvalue weighted by Crippen LogP contribution is 2.29. The van der Waals surface area contributed by atoms with Crippen molar-refractivity contribution in [3.05, 3.63) is 24.0 Å². The van der Waals surface area contributed by atoms with Crippen LogP contribution in [0.25, 0.3) is 0 Å². The lowest BCUT2D eigenvalue weighted by molar-refractivity contribution is -0.138. The van der Waals surface area contributed by atoms with E-state index in [2.05, 4.69) is 4.98 Å². The minimum absolute atomic E-state index is 0.105. The number of hydrogen-bond donors (Lipinski definition) is 0. The zero-order chi connectivity index (χ0) is 9.90. The van der Waals surface area contributed by atoms with Crippen molar-refractivity contribution in [2.75, 3.05) is 6.61 Å². The van der Waals surface area contributed by atoms with Crippen LogP contribution < -0.4 is 4.74 Å². The van der Waals surface area contributed by atoms with Crippen molar-refractivity contribution in [2.45, 2.75) is 13.1 Å². The molecule has 0 aromatic carbocycles. The van der Waals surface area contributed by atoms with Crippen LogP contribution in [0.5, 0.6) is 5.75 Å². The fraction of sp³-hybridized carbons (Fsp3) is 0.375. The molecule has 0 saturated carbocycles. The molecular formula is C8H7F3NO. The van der Waals surface area contributed by atoms with Gasteiger partial charge in [0.05, 0.1) is 18.4 Å². The summed E-state index contributed by atoms with van der Waals surface area (Å²) in [5.74, 6) is 0.105.